The van der Waals surface area contributed by atoms with Gasteiger partial charge in [-0.3, -0.25) is 4.79 Å². The summed E-state index contributed by atoms with van der Waals surface area (Å²) >= 11 is 0. The highest BCUT2D eigenvalue weighted by Gasteiger charge is 2.31. The van der Waals surface area contributed by atoms with E-state index in [1.807, 2.05) is 12.2 Å². The Hall–Kier alpha value is -0.890. The largest absolute Gasteiger partial charge is 0.311 e. The van der Waals surface area contributed by atoms with Crippen LogP contribution >= 0.6 is 0 Å². The molecule has 0 aromatic carbocycles. The zero-order chi connectivity index (χ0) is 9.73. The molecule has 72 valence electrons. The lowest BCUT2D eigenvalue weighted by molar-refractivity contribution is -0.912. The molecule has 0 unspecified atom stereocenters. The number of piperidine rings is 1. The first-order chi connectivity index (χ1) is 6.22. The highest BCUT2D eigenvalue weighted by Crippen LogP contribution is 2.16. The van der Waals surface area contributed by atoms with Crippen LogP contribution in [0.25, 0.3) is 0 Å². The highest BCUT2D eigenvalue weighted by molar-refractivity contribution is 5.80. The van der Waals surface area contributed by atoms with Gasteiger partial charge < -0.3 is 4.48 Å². The van der Waals surface area contributed by atoms with Crippen LogP contribution in [0.5, 0.6) is 0 Å². The first-order valence-electron chi connectivity index (χ1n) is 4.81. The molecule has 0 aliphatic carbocycles. The summed E-state index contributed by atoms with van der Waals surface area (Å²) in [6.07, 6.45) is 5.58. The molecule has 0 saturated carbocycles. The third kappa shape index (κ3) is 2.52. The second-order valence-electron chi connectivity index (χ2n) is 3.81. The predicted molar refractivity (Wildman–Crippen MR) is 54.4 cm³/mol. The van der Waals surface area contributed by atoms with Crippen molar-refractivity contribution in [1.29, 1.82) is 0 Å². The van der Waals surface area contributed by atoms with Gasteiger partial charge in [0.15, 0.2) is 5.78 Å². The lowest BCUT2D eigenvalue weighted by Crippen LogP contribution is -2.54. The predicted octanol–water partition coefficient (Wildman–Crippen LogP) is 1.54. The van der Waals surface area contributed by atoms with Gasteiger partial charge in [-0.2, -0.15) is 0 Å². The molecule has 1 heterocycles. The van der Waals surface area contributed by atoms with Gasteiger partial charge in [0.05, 0.1) is 19.6 Å². The Bertz CT molecular complexity index is 210. The van der Waals surface area contributed by atoms with Crippen molar-refractivity contribution in [2.45, 2.75) is 12.8 Å². The van der Waals surface area contributed by atoms with Crippen LogP contribution in [0.4, 0.5) is 0 Å². The maximum atomic E-state index is 11.3. The molecule has 0 spiro atoms. The van der Waals surface area contributed by atoms with E-state index in [0.29, 0.717) is 12.3 Å². The van der Waals surface area contributed by atoms with Crippen molar-refractivity contribution in [3.63, 3.8) is 0 Å². The van der Waals surface area contributed by atoms with Gasteiger partial charge in [0, 0.05) is 12.8 Å². The zero-order valence-corrected chi connectivity index (χ0v) is 8.17. The molecule has 0 aromatic heterocycles. The molecule has 0 atom stereocenters. The number of carbonyl (C=O) groups is 1. The van der Waals surface area contributed by atoms with Crippen molar-refractivity contribution in [1.82, 2.24) is 0 Å². The van der Waals surface area contributed by atoms with Gasteiger partial charge in [-0.1, -0.05) is 13.2 Å². The molecule has 0 bridgehead atoms. The van der Waals surface area contributed by atoms with Crippen LogP contribution < -0.4 is 0 Å². The maximum Gasteiger partial charge on any atom is 0.187 e. The smallest absolute Gasteiger partial charge is 0.187 e. The van der Waals surface area contributed by atoms with Crippen LogP contribution in [0, 0.1) is 0 Å². The molecule has 0 amide bonds. The van der Waals surface area contributed by atoms with Crippen molar-refractivity contribution >= 4 is 5.78 Å². The molecule has 0 radical (unpaired) electrons. The van der Waals surface area contributed by atoms with Gasteiger partial charge in [0.25, 0.3) is 0 Å². The van der Waals surface area contributed by atoms with Crippen LogP contribution in [-0.4, -0.2) is 36.4 Å². The molecule has 1 aliphatic heterocycles. The Balaban J connectivity index is 2.68. The normalized spacial score (nSPS) is 21.1. The second kappa shape index (κ2) is 4.38. The summed E-state index contributed by atoms with van der Waals surface area (Å²) in [6.45, 7) is 11.0. The number of Topliss-reactive ketones (excluding diaryl/α,β-unsaturated/α-hetero) is 1. The second-order valence-corrected chi connectivity index (χ2v) is 3.81. The number of ketones is 1. The van der Waals surface area contributed by atoms with Crippen LogP contribution in [0.15, 0.2) is 25.3 Å². The molecule has 13 heavy (non-hydrogen) atoms. The van der Waals surface area contributed by atoms with E-state index in [1.165, 1.54) is 0 Å². The molecular weight excluding hydrogens is 162 g/mol. The van der Waals surface area contributed by atoms with E-state index in [1.54, 1.807) is 0 Å². The third-order valence-electron chi connectivity index (χ3n) is 2.63. The standard InChI is InChI=1S/C11H18NO/c1-3-7-12(8-4-2)9-5-6-11(13)10-12/h3-4H,1-2,5-10H2/q+1. The topological polar surface area (TPSA) is 17.1 Å². The lowest BCUT2D eigenvalue weighted by Gasteiger charge is -2.39. The number of likely N-dealkylation sites (tertiary alicyclic amines) is 1. The van der Waals surface area contributed by atoms with Crippen molar-refractivity contribution in [2.75, 3.05) is 26.2 Å². The van der Waals surface area contributed by atoms with Crippen molar-refractivity contribution in [3.05, 3.63) is 25.3 Å². The van der Waals surface area contributed by atoms with E-state index in [2.05, 4.69) is 13.2 Å². The first-order valence-corrected chi connectivity index (χ1v) is 4.81. The average molecular weight is 180 g/mol. The minimum atomic E-state index is 0.384. The summed E-state index contributed by atoms with van der Waals surface area (Å²) in [6, 6.07) is 0. The average Bonchev–Trinajstić information content (AvgIpc) is 2.04. The molecular formula is C11H18NO+. The number of quaternary nitrogens is 1. The summed E-state index contributed by atoms with van der Waals surface area (Å²) in [5.74, 6) is 0.384. The monoisotopic (exact) mass is 180 g/mol. The Morgan fingerprint density at radius 3 is 2.38 bits per heavy atom. The van der Waals surface area contributed by atoms with Crippen molar-refractivity contribution in [2.24, 2.45) is 0 Å². The first kappa shape index (κ1) is 10.2. The van der Waals surface area contributed by atoms with Crippen LogP contribution in [0.1, 0.15) is 12.8 Å². The van der Waals surface area contributed by atoms with Crippen LogP contribution in [0.3, 0.4) is 0 Å². The molecule has 0 aromatic rings. The summed E-state index contributed by atoms with van der Waals surface area (Å²) in [5, 5.41) is 0. The molecule has 2 heteroatoms. The molecule has 0 N–H and O–H groups in total. The number of nitrogens with zero attached hydrogens (tertiary/aromatic N) is 1. The molecule has 1 saturated heterocycles. The fraction of sp³-hybridized carbons (Fsp3) is 0.545. The Kier molecular flexibility index (Phi) is 3.43. The van der Waals surface area contributed by atoms with Gasteiger partial charge >= 0.3 is 0 Å². The SMILES string of the molecule is C=CC[N+]1(CC=C)CCCC(=O)C1. The van der Waals surface area contributed by atoms with E-state index < -0.39 is 0 Å². The lowest BCUT2D eigenvalue weighted by atomic mass is 10.1. The minimum absolute atomic E-state index is 0.384. The van der Waals surface area contributed by atoms with E-state index in [9.17, 15) is 4.79 Å². The zero-order valence-electron chi connectivity index (χ0n) is 8.17. The Labute approximate surface area is 80.1 Å². The van der Waals surface area contributed by atoms with E-state index in [4.69, 9.17) is 0 Å². The molecule has 1 rings (SSSR count). The summed E-state index contributed by atoms with van der Waals surface area (Å²) in [4.78, 5) is 11.3. The fourth-order valence-corrected chi connectivity index (χ4v) is 2.08. The molecule has 1 fully saturated rings. The quantitative estimate of drug-likeness (QED) is 0.474. The maximum absolute atomic E-state index is 11.3. The summed E-state index contributed by atoms with van der Waals surface area (Å²) in [5.41, 5.74) is 0. The van der Waals surface area contributed by atoms with Gasteiger partial charge in [-0.05, 0) is 12.2 Å². The van der Waals surface area contributed by atoms with Gasteiger partial charge in [-0.15, -0.1) is 0 Å². The third-order valence-corrected chi connectivity index (χ3v) is 2.63. The van der Waals surface area contributed by atoms with Crippen LogP contribution in [-0.2, 0) is 4.79 Å². The van der Waals surface area contributed by atoms with Gasteiger partial charge in [0.1, 0.15) is 6.54 Å². The fourth-order valence-electron chi connectivity index (χ4n) is 2.08. The van der Waals surface area contributed by atoms with Gasteiger partial charge in [-0.25, -0.2) is 0 Å². The summed E-state index contributed by atoms with van der Waals surface area (Å²) < 4.78 is 0.839. The Morgan fingerprint density at radius 2 is 1.92 bits per heavy atom. The van der Waals surface area contributed by atoms with E-state index in [-0.39, 0.29) is 0 Å². The molecule has 2 nitrogen and oxygen atoms in total. The van der Waals surface area contributed by atoms with Gasteiger partial charge in [0.2, 0.25) is 0 Å². The number of hydrogen-bond donors (Lipinski definition) is 0. The van der Waals surface area contributed by atoms with E-state index >= 15 is 0 Å². The summed E-state index contributed by atoms with van der Waals surface area (Å²) in [7, 11) is 0. The Morgan fingerprint density at radius 1 is 1.31 bits per heavy atom. The molecule has 1 aliphatic rings. The van der Waals surface area contributed by atoms with Crippen LogP contribution in [0.2, 0.25) is 0 Å². The van der Waals surface area contributed by atoms with Crippen molar-refractivity contribution < 1.29 is 9.28 Å². The number of rotatable bonds is 4. The minimum Gasteiger partial charge on any atom is -0.311 e. The number of carbonyl (C=O) groups excluding carboxylic acids is 1. The van der Waals surface area contributed by atoms with Crippen molar-refractivity contribution in [3.8, 4) is 0 Å². The van der Waals surface area contributed by atoms with E-state index in [0.717, 1.165) is 37.0 Å². The highest BCUT2D eigenvalue weighted by atomic mass is 16.1. The number of hydrogen-bond acceptors (Lipinski definition) is 1.